The molecule has 0 aromatic carbocycles. The van der Waals surface area contributed by atoms with Gasteiger partial charge in [0.1, 0.15) is 0 Å². The number of rotatable bonds is 5. The summed E-state index contributed by atoms with van der Waals surface area (Å²) in [5, 5.41) is 27.0. The molecule has 4 rings (SSSR count). The Hall–Kier alpha value is -4.21. The summed E-state index contributed by atoms with van der Waals surface area (Å²) in [4.78, 5) is 39.3. The van der Waals surface area contributed by atoms with Gasteiger partial charge in [0.25, 0.3) is 5.91 Å². The number of aliphatic hydroxyl groups is 1. The van der Waals surface area contributed by atoms with Crippen molar-refractivity contribution in [2.75, 3.05) is 13.2 Å². The fraction of sp³-hybridized carbons (Fsp3) is 0.375. The third-order valence-corrected chi connectivity index (χ3v) is 5.81. The Morgan fingerprint density at radius 3 is 1.93 bits per heavy atom. The van der Waals surface area contributed by atoms with Crippen molar-refractivity contribution < 1.29 is 56.0 Å². The molecule has 1 amide bonds. The molecule has 3 aromatic rings. The van der Waals surface area contributed by atoms with E-state index in [0.717, 1.165) is 42.5 Å². The van der Waals surface area contributed by atoms with Crippen LogP contribution in [0.1, 0.15) is 36.3 Å². The number of aliphatic carboxylic acids is 2. The number of aromatic nitrogens is 3. The molecule has 1 aliphatic rings. The van der Waals surface area contributed by atoms with Crippen molar-refractivity contribution in [3.05, 3.63) is 54.7 Å². The van der Waals surface area contributed by atoms with E-state index in [1.165, 1.54) is 0 Å². The summed E-state index contributed by atoms with van der Waals surface area (Å²) < 4.78 is 65.3. The molecule has 16 heteroatoms. The Bertz CT molecular complexity index is 1280. The molecule has 0 atom stereocenters. The number of halogens is 6. The lowest BCUT2D eigenvalue weighted by molar-refractivity contribution is -0.193. The Kier molecular flexibility index (Phi) is 10.6. The van der Waals surface area contributed by atoms with E-state index in [1.807, 2.05) is 40.9 Å². The summed E-state index contributed by atoms with van der Waals surface area (Å²) in [5.74, 6) is -5.37. The highest BCUT2D eigenvalue weighted by Gasteiger charge is 2.39. The molecule has 0 bridgehead atoms. The van der Waals surface area contributed by atoms with Crippen LogP contribution in [0, 0.1) is 5.41 Å². The van der Waals surface area contributed by atoms with Crippen molar-refractivity contribution in [1.82, 2.24) is 19.7 Å². The molecule has 0 aliphatic heterocycles. The number of carbonyl (C=O) groups is 3. The van der Waals surface area contributed by atoms with Gasteiger partial charge in [-0.1, -0.05) is 18.9 Å². The minimum atomic E-state index is -5.08. The predicted octanol–water partition coefficient (Wildman–Crippen LogP) is 3.95. The third kappa shape index (κ3) is 8.65. The fourth-order valence-corrected chi connectivity index (χ4v) is 3.78. The van der Waals surface area contributed by atoms with E-state index < -0.39 is 24.3 Å². The second kappa shape index (κ2) is 13.2. The van der Waals surface area contributed by atoms with Crippen LogP contribution in [0.4, 0.5) is 26.3 Å². The Balaban J connectivity index is 0.000000333. The molecule has 10 nitrogen and oxygen atoms in total. The second-order valence-electron chi connectivity index (χ2n) is 8.63. The first-order chi connectivity index (χ1) is 18.6. The molecule has 1 saturated carbocycles. The number of nitrogens with zero attached hydrogens (tertiary/aromatic N) is 3. The summed E-state index contributed by atoms with van der Waals surface area (Å²) in [6.45, 7) is 0.590. The van der Waals surface area contributed by atoms with E-state index in [4.69, 9.17) is 19.8 Å². The minimum absolute atomic E-state index is 0.109. The SMILES string of the molecule is O=C(NCC1(CO)CCCC1)c1nc(-c2ccncc2)c2ccccn12.O=C(O)C(F)(F)F.O=C(O)C(F)(F)F. The van der Waals surface area contributed by atoms with Crippen molar-refractivity contribution in [2.24, 2.45) is 5.41 Å². The smallest absolute Gasteiger partial charge is 0.475 e. The number of pyridine rings is 2. The fourth-order valence-electron chi connectivity index (χ4n) is 3.78. The molecule has 40 heavy (non-hydrogen) atoms. The number of carboxylic acids is 2. The lowest BCUT2D eigenvalue weighted by atomic mass is 9.87. The number of imidazole rings is 1. The third-order valence-electron chi connectivity index (χ3n) is 5.81. The molecule has 1 fully saturated rings. The van der Waals surface area contributed by atoms with E-state index in [9.17, 15) is 36.2 Å². The summed E-state index contributed by atoms with van der Waals surface area (Å²) in [5.41, 5.74) is 2.37. The molecule has 218 valence electrons. The maximum atomic E-state index is 12.8. The van der Waals surface area contributed by atoms with Crippen molar-refractivity contribution in [1.29, 1.82) is 0 Å². The van der Waals surface area contributed by atoms with Gasteiger partial charge >= 0.3 is 24.3 Å². The summed E-state index contributed by atoms with van der Waals surface area (Å²) in [7, 11) is 0. The average molecular weight is 578 g/mol. The van der Waals surface area contributed by atoms with Gasteiger partial charge in [-0.05, 0) is 37.1 Å². The Labute approximate surface area is 222 Å². The number of fused-ring (bicyclic) bond motifs is 1. The zero-order chi connectivity index (χ0) is 30.1. The van der Waals surface area contributed by atoms with Crippen LogP contribution < -0.4 is 5.32 Å². The highest BCUT2D eigenvalue weighted by atomic mass is 19.4. The van der Waals surface area contributed by atoms with Crippen LogP contribution in [0.25, 0.3) is 16.8 Å². The predicted molar refractivity (Wildman–Crippen MR) is 126 cm³/mol. The second-order valence-corrected chi connectivity index (χ2v) is 8.63. The molecular formula is C24H24F6N4O6. The number of hydrogen-bond donors (Lipinski definition) is 4. The van der Waals surface area contributed by atoms with Gasteiger partial charge in [0.05, 0.1) is 17.8 Å². The summed E-state index contributed by atoms with van der Waals surface area (Å²) in [6.07, 6.45) is -0.769. The largest absolute Gasteiger partial charge is 0.490 e. The van der Waals surface area contributed by atoms with Crippen molar-refractivity contribution >= 4 is 23.4 Å². The topological polar surface area (TPSA) is 154 Å². The van der Waals surface area contributed by atoms with Crippen LogP contribution in [0.5, 0.6) is 0 Å². The standard InChI is InChI=1S/C20H22N4O2.2C2HF3O2/c25-14-20(8-2-3-9-20)13-22-19(26)18-23-17(15-6-10-21-11-7-15)16-5-1-4-12-24(16)18;2*3-2(4,5)1(6)7/h1,4-7,10-12,25H,2-3,8-9,13-14H2,(H,22,26);2*(H,6,7). The number of carbonyl (C=O) groups excluding carboxylic acids is 1. The number of aliphatic hydroxyl groups excluding tert-OH is 1. The van der Waals surface area contributed by atoms with E-state index in [1.54, 1.807) is 12.4 Å². The van der Waals surface area contributed by atoms with E-state index in [0.29, 0.717) is 12.4 Å². The van der Waals surface area contributed by atoms with Crippen molar-refractivity contribution in [3.8, 4) is 11.3 Å². The Morgan fingerprint density at radius 2 is 1.45 bits per heavy atom. The van der Waals surface area contributed by atoms with Crippen molar-refractivity contribution in [2.45, 2.75) is 38.0 Å². The maximum Gasteiger partial charge on any atom is 0.490 e. The first-order valence-corrected chi connectivity index (χ1v) is 11.5. The number of carboxylic acid groups (broad SMARTS) is 2. The molecule has 0 saturated heterocycles. The lowest BCUT2D eigenvalue weighted by Crippen LogP contribution is -2.38. The molecular weight excluding hydrogens is 554 g/mol. The summed E-state index contributed by atoms with van der Waals surface area (Å²) in [6, 6.07) is 9.54. The zero-order valence-corrected chi connectivity index (χ0v) is 20.5. The normalized spacial score (nSPS) is 14.4. The highest BCUT2D eigenvalue weighted by Crippen LogP contribution is 2.37. The van der Waals surface area contributed by atoms with Gasteiger partial charge in [-0.2, -0.15) is 26.3 Å². The van der Waals surface area contributed by atoms with Gasteiger partial charge in [0.2, 0.25) is 5.82 Å². The number of alkyl halides is 6. The molecule has 3 aromatic heterocycles. The Morgan fingerprint density at radius 1 is 0.925 bits per heavy atom. The molecule has 0 unspecified atom stereocenters. The molecule has 4 N–H and O–H groups in total. The first kappa shape index (κ1) is 32.0. The van der Waals surface area contributed by atoms with Gasteiger partial charge in [0.15, 0.2) is 0 Å². The van der Waals surface area contributed by atoms with Gasteiger partial charge < -0.3 is 20.6 Å². The highest BCUT2D eigenvalue weighted by molar-refractivity contribution is 5.94. The van der Waals surface area contributed by atoms with Crippen LogP contribution in [0.3, 0.4) is 0 Å². The zero-order valence-electron chi connectivity index (χ0n) is 20.5. The van der Waals surface area contributed by atoms with Crippen LogP contribution >= 0.6 is 0 Å². The number of nitrogens with one attached hydrogen (secondary N) is 1. The van der Waals surface area contributed by atoms with E-state index >= 15 is 0 Å². The first-order valence-electron chi connectivity index (χ1n) is 11.5. The molecule has 0 radical (unpaired) electrons. The lowest BCUT2D eigenvalue weighted by Gasteiger charge is -2.26. The van der Waals surface area contributed by atoms with Gasteiger partial charge in [-0.3, -0.25) is 14.2 Å². The van der Waals surface area contributed by atoms with Gasteiger partial charge in [0, 0.05) is 36.1 Å². The van der Waals surface area contributed by atoms with Crippen LogP contribution in [-0.4, -0.2) is 73.0 Å². The van der Waals surface area contributed by atoms with Gasteiger partial charge in [-0.25, -0.2) is 14.6 Å². The molecule has 3 heterocycles. The summed E-state index contributed by atoms with van der Waals surface area (Å²) >= 11 is 0. The van der Waals surface area contributed by atoms with Crippen LogP contribution in [0.2, 0.25) is 0 Å². The minimum Gasteiger partial charge on any atom is -0.475 e. The quantitative estimate of drug-likeness (QED) is 0.332. The maximum absolute atomic E-state index is 12.8. The van der Waals surface area contributed by atoms with E-state index in [-0.39, 0.29) is 17.9 Å². The average Bonchev–Trinajstić information content (AvgIpc) is 3.53. The molecule has 0 spiro atoms. The molecule has 1 aliphatic carbocycles. The van der Waals surface area contributed by atoms with E-state index in [2.05, 4.69) is 15.3 Å². The van der Waals surface area contributed by atoms with Crippen LogP contribution in [0.15, 0.2) is 48.9 Å². The number of amides is 1. The van der Waals surface area contributed by atoms with Crippen molar-refractivity contribution in [3.63, 3.8) is 0 Å². The number of hydrogen-bond acceptors (Lipinski definition) is 6. The monoisotopic (exact) mass is 578 g/mol. The van der Waals surface area contributed by atoms with Gasteiger partial charge in [-0.15, -0.1) is 0 Å². The van der Waals surface area contributed by atoms with Crippen LogP contribution in [-0.2, 0) is 9.59 Å².